The molecule has 0 atom stereocenters. The zero-order valence-electron chi connectivity index (χ0n) is 6.67. The van der Waals surface area contributed by atoms with Crippen LogP contribution in [0.1, 0.15) is 19.0 Å². The van der Waals surface area contributed by atoms with E-state index in [-0.39, 0.29) is 0 Å². The summed E-state index contributed by atoms with van der Waals surface area (Å²) in [5, 5.41) is 0. The predicted octanol–water partition coefficient (Wildman–Crippen LogP) is 2.09. The molecule has 2 heteroatoms. The van der Waals surface area contributed by atoms with E-state index in [1.165, 1.54) is 0 Å². The molecule has 0 aliphatic rings. The van der Waals surface area contributed by atoms with E-state index in [2.05, 4.69) is 11.6 Å². The average Bonchev–Trinajstić information content (AvgIpc) is 2.04. The Morgan fingerprint density at radius 3 is 3.00 bits per heavy atom. The number of nitrogens with two attached hydrogens (primary N) is 1. The molecule has 0 aromatic carbocycles. The summed E-state index contributed by atoms with van der Waals surface area (Å²) in [7, 11) is 0. The molecule has 2 nitrogen and oxygen atoms in total. The van der Waals surface area contributed by atoms with E-state index in [1.807, 2.05) is 19.1 Å². The maximum atomic E-state index is 5.67. The minimum atomic E-state index is 0.708. The summed E-state index contributed by atoms with van der Waals surface area (Å²) in [5.41, 5.74) is 8.20. The van der Waals surface area contributed by atoms with Crippen LogP contribution in [-0.4, -0.2) is 4.98 Å². The lowest BCUT2D eigenvalue weighted by atomic mass is 10.1. The fourth-order valence-corrected chi connectivity index (χ4v) is 0.881. The van der Waals surface area contributed by atoms with Crippen LogP contribution in [0, 0.1) is 0 Å². The van der Waals surface area contributed by atoms with E-state index < -0.39 is 0 Å². The third-order valence-corrected chi connectivity index (χ3v) is 1.60. The van der Waals surface area contributed by atoms with E-state index in [9.17, 15) is 0 Å². The second-order valence-corrected chi connectivity index (χ2v) is 2.40. The molecule has 0 amide bonds. The highest BCUT2D eigenvalue weighted by Gasteiger charge is 2.00. The Morgan fingerprint density at radius 2 is 2.45 bits per heavy atom. The molecule has 0 aliphatic carbocycles. The fraction of sp³-hybridized carbons (Fsp3) is 0.222. The van der Waals surface area contributed by atoms with Crippen LogP contribution in [0.3, 0.4) is 0 Å². The lowest BCUT2D eigenvalue weighted by molar-refractivity contribution is 1.18. The Morgan fingerprint density at radius 1 is 1.73 bits per heavy atom. The van der Waals surface area contributed by atoms with Crippen LogP contribution in [0.5, 0.6) is 0 Å². The van der Waals surface area contributed by atoms with Crippen LogP contribution in [0.4, 0.5) is 5.69 Å². The first kappa shape index (κ1) is 7.79. The molecule has 0 unspecified atom stereocenters. The van der Waals surface area contributed by atoms with Gasteiger partial charge in [0.05, 0.1) is 11.4 Å². The minimum absolute atomic E-state index is 0.708. The average molecular weight is 148 g/mol. The van der Waals surface area contributed by atoms with E-state index in [4.69, 9.17) is 5.73 Å². The third kappa shape index (κ3) is 1.58. The van der Waals surface area contributed by atoms with Gasteiger partial charge in [0.1, 0.15) is 0 Å². The fourth-order valence-electron chi connectivity index (χ4n) is 0.881. The number of hydrogen-bond acceptors (Lipinski definition) is 2. The van der Waals surface area contributed by atoms with Gasteiger partial charge in [0.25, 0.3) is 0 Å². The number of nitrogen functional groups attached to an aromatic ring is 1. The molecule has 1 aromatic rings. The normalized spacial score (nSPS) is 9.55. The van der Waals surface area contributed by atoms with Gasteiger partial charge in [-0.2, -0.15) is 0 Å². The Balaban J connectivity index is 3.03. The van der Waals surface area contributed by atoms with Crippen LogP contribution in [0.25, 0.3) is 5.57 Å². The maximum absolute atomic E-state index is 5.67. The van der Waals surface area contributed by atoms with Crippen LogP contribution in [-0.2, 0) is 0 Å². The quantitative estimate of drug-likeness (QED) is 0.697. The van der Waals surface area contributed by atoms with Crippen molar-refractivity contribution in [3.8, 4) is 0 Å². The van der Waals surface area contributed by atoms with Gasteiger partial charge in [-0.25, -0.2) is 0 Å². The number of anilines is 1. The number of pyridine rings is 1. The van der Waals surface area contributed by atoms with Gasteiger partial charge in [-0.3, -0.25) is 4.98 Å². The first-order valence-electron chi connectivity index (χ1n) is 3.64. The molecule has 1 rings (SSSR count). The summed E-state index contributed by atoms with van der Waals surface area (Å²) in [6.45, 7) is 5.90. The number of rotatable bonds is 2. The third-order valence-electron chi connectivity index (χ3n) is 1.60. The molecular formula is C9H12N2. The second kappa shape index (κ2) is 3.19. The number of nitrogens with zero attached hydrogens (tertiary/aromatic N) is 1. The van der Waals surface area contributed by atoms with Gasteiger partial charge in [0.2, 0.25) is 0 Å². The molecule has 0 saturated carbocycles. The van der Waals surface area contributed by atoms with Crippen molar-refractivity contribution in [2.75, 3.05) is 5.73 Å². The topological polar surface area (TPSA) is 38.9 Å². The highest BCUT2D eigenvalue weighted by atomic mass is 14.7. The van der Waals surface area contributed by atoms with Gasteiger partial charge in [-0.1, -0.05) is 13.5 Å². The summed E-state index contributed by atoms with van der Waals surface area (Å²) in [4.78, 5) is 4.12. The minimum Gasteiger partial charge on any atom is -0.397 e. The summed E-state index contributed by atoms with van der Waals surface area (Å²) < 4.78 is 0. The van der Waals surface area contributed by atoms with Crippen LogP contribution in [0.2, 0.25) is 0 Å². The lowest BCUT2D eigenvalue weighted by Gasteiger charge is -2.03. The maximum Gasteiger partial charge on any atom is 0.0884 e. The summed E-state index contributed by atoms with van der Waals surface area (Å²) in [5.74, 6) is 0. The van der Waals surface area contributed by atoms with Crippen molar-refractivity contribution in [1.82, 2.24) is 4.98 Å². The van der Waals surface area contributed by atoms with Gasteiger partial charge >= 0.3 is 0 Å². The van der Waals surface area contributed by atoms with Crippen LogP contribution in [0.15, 0.2) is 24.9 Å². The van der Waals surface area contributed by atoms with Crippen molar-refractivity contribution < 1.29 is 0 Å². The van der Waals surface area contributed by atoms with Crippen molar-refractivity contribution in [3.05, 3.63) is 30.6 Å². The first-order chi connectivity index (χ1) is 5.25. The number of hydrogen-bond donors (Lipinski definition) is 1. The molecule has 2 N–H and O–H groups in total. The predicted molar refractivity (Wildman–Crippen MR) is 48.0 cm³/mol. The summed E-state index contributed by atoms with van der Waals surface area (Å²) in [6, 6.07) is 3.66. The Hall–Kier alpha value is -1.31. The number of allylic oxidation sites excluding steroid dienone is 1. The molecular weight excluding hydrogens is 136 g/mol. The molecule has 0 fully saturated rings. The van der Waals surface area contributed by atoms with E-state index >= 15 is 0 Å². The van der Waals surface area contributed by atoms with Crippen molar-refractivity contribution in [2.24, 2.45) is 0 Å². The number of aromatic nitrogens is 1. The molecule has 0 saturated heterocycles. The van der Waals surface area contributed by atoms with Crippen molar-refractivity contribution in [2.45, 2.75) is 13.3 Å². The highest BCUT2D eigenvalue weighted by Crippen LogP contribution is 2.18. The molecule has 1 aromatic heterocycles. The molecule has 58 valence electrons. The van der Waals surface area contributed by atoms with E-state index in [1.54, 1.807) is 6.20 Å². The summed E-state index contributed by atoms with van der Waals surface area (Å²) in [6.07, 6.45) is 2.62. The zero-order chi connectivity index (χ0) is 8.27. The lowest BCUT2D eigenvalue weighted by Crippen LogP contribution is -1.94. The second-order valence-electron chi connectivity index (χ2n) is 2.40. The van der Waals surface area contributed by atoms with Crippen LogP contribution >= 0.6 is 0 Å². The van der Waals surface area contributed by atoms with Gasteiger partial charge in [-0.15, -0.1) is 0 Å². The van der Waals surface area contributed by atoms with Crippen LogP contribution < -0.4 is 5.73 Å². The summed E-state index contributed by atoms with van der Waals surface area (Å²) >= 11 is 0. The first-order valence-corrected chi connectivity index (χ1v) is 3.64. The molecule has 1 heterocycles. The molecule has 0 aliphatic heterocycles. The van der Waals surface area contributed by atoms with Crippen molar-refractivity contribution in [3.63, 3.8) is 0 Å². The van der Waals surface area contributed by atoms with E-state index in [0.29, 0.717) is 5.69 Å². The molecule has 11 heavy (non-hydrogen) atoms. The van der Waals surface area contributed by atoms with Crippen molar-refractivity contribution >= 4 is 11.3 Å². The Labute approximate surface area is 66.8 Å². The molecule has 0 bridgehead atoms. The van der Waals surface area contributed by atoms with Gasteiger partial charge in [0.15, 0.2) is 0 Å². The molecule has 0 spiro atoms. The molecule has 0 radical (unpaired) electrons. The largest absolute Gasteiger partial charge is 0.397 e. The zero-order valence-corrected chi connectivity index (χ0v) is 6.67. The standard InChI is InChI=1S/C9H12N2/c1-3-7(2)9-8(10)5-4-6-11-9/h4-6H,2-3,10H2,1H3. The highest BCUT2D eigenvalue weighted by molar-refractivity contribution is 5.69. The van der Waals surface area contributed by atoms with Crippen molar-refractivity contribution in [1.29, 1.82) is 0 Å². The Kier molecular flexibility index (Phi) is 2.26. The van der Waals surface area contributed by atoms with Gasteiger partial charge < -0.3 is 5.73 Å². The van der Waals surface area contributed by atoms with Gasteiger partial charge in [-0.05, 0) is 24.1 Å². The SMILES string of the molecule is C=C(CC)c1ncccc1N. The van der Waals surface area contributed by atoms with E-state index in [0.717, 1.165) is 17.7 Å². The van der Waals surface area contributed by atoms with Gasteiger partial charge in [0, 0.05) is 6.20 Å². The Bertz CT molecular complexity index is 266. The monoisotopic (exact) mass is 148 g/mol. The smallest absolute Gasteiger partial charge is 0.0884 e.